The molecule has 3 heterocycles. The molecule has 0 bridgehead atoms. The van der Waals surface area contributed by atoms with Gasteiger partial charge >= 0.3 is 6.03 Å². The van der Waals surface area contributed by atoms with E-state index in [0.717, 1.165) is 10.7 Å². The number of rotatable bonds is 4. The molecule has 3 aromatic heterocycles. The van der Waals surface area contributed by atoms with Crippen LogP contribution in [-0.2, 0) is 6.54 Å². The van der Waals surface area contributed by atoms with Crippen LogP contribution in [0.25, 0.3) is 5.82 Å². The summed E-state index contributed by atoms with van der Waals surface area (Å²) >= 11 is 1.57. The lowest BCUT2D eigenvalue weighted by Crippen LogP contribution is -2.31. The number of amides is 2. The van der Waals surface area contributed by atoms with Gasteiger partial charge in [0.25, 0.3) is 0 Å². The largest absolute Gasteiger partial charge is 0.322 e. The van der Waals surface area contributed by atoms with Crippen LogP contribution >= 0.6 is 11.3 Å². The van der Waals surface area contributed by atoms with Gasteiger partial charge in [-0.15, -0.1) is 11.3 Å². The number of aromatic nitrogens is 4. The minimum atomic E-state index is -0.204. The smallest absolute Gasteiger partial charge is 0.321 e. The second-order valence-electron chi connectivity index (χ2n) is 5.00. The first-order chi connectivity index (χ1) is 11.1. The molecule has 0 radical (unpaired) electrons. The zero-order valence-corrected chi connectivity index (χ0v) is 13.6. The van der Waals surface area contributed by atoms with Crippen molar-refractivity contribution in [3.8, 4) is 5.82 Å². The van der Waals surface area contributed by atoms with E-state index >= 15 is 0 Å². The van der Waals surface area contributed by atoms with E-state index in [1.807, 2.05) is 24.6 Å². The number of thiazole rings is 1. The SMILES string of the molecule is Cc1nc(CN(C)C(=O)Nc2ccc(-n3cccn3)nc2)cs1. The zero-order chi connectivity index (χ0) is 16.2. The molecule has 0 atom stereocenters. The summed E-state index contributed by atoms with van der Waals surface area (Å²) in [4.78, 5) is 22.4. The van der Waals surface area contributed by atoms with E-state index in [1.54, 1.807) is 52.5 Å². The fraction of sp³-hybridized carbons (Fsp3) is 0.200. The number of urea groups is 1. The molecule has 1 N–H and O–H groups in total. The molecule has 8 heteroatoms. The molecule has 2 amide bonds. The molecule has 118 valence electrons. The minimum Gasteiger partial charge on any atom is -0.322 e. The van der Waals surface area contributed by atoms with Crippen LogP contribution < -0.4 is 5.32 Å². The van der Waals surface area contributed by atoms with Crippen molar-refractivity contribution in [1.29, 1.82) is 0 Å². The van der Waals surface area contributed by atoms with E-state index in [9.17, 15) is 4.79 Å². The topological polar surface area (TPSA) is 75.9 Å². The molecular weight excluding hydrogens is 312 g/mol. The maximum absolute atomic E-state index is 12.2. The molecular formula is C15H16N6OS. The molecule has 0 unspecified atom stereocenters. The van der Waals surface area contributed by atoms with Crippen molar-refractivity contribution in [3.05, 3.63) is 52.9 Å². The van der Waals surface area contributed by atoms with E-state index in [4.69, 9.17) is 0 Å². The fourth-order valence-corrected chi connectivity index (χ4v) is 2.62. The van der Waals surface area contributed by atoms with Gasteiger partial charge in [-0.25, -0.2) is 19.4 Å². The highest BCUT2D eigenvalue weighted by Crippen LogP contribution is 2.12. The molecule has 0 aromatic carbocycles. The van der Waals surface area contributed by atoms with E-state index < -0.39 is 0 Å². The van der Waals surface area contributed by atoms with E-state index in [1.165, 1.54) is 0 Å². The molecule has 3 aromatic rings. The summed E-state index contributed by atoms with van der Waals surface area (Å²) in [7, 11) is 1.73. The molecule has 0 fully saturated rings. The normalized spacial score (nSPS) is 10.5. The second kappa shape index (κ2) is 6.57. The third kappa shape index (κ3) is 3.72. The summed E-state index contributed by atoms with van der Waals surface area (Å²) in [6.07, 6.45) is 5.10. The summed E-state index contributed by atoms with van der Waals surface area (Å²) in [6.45, 7) is 2.41. The van der Waals surface area contributed by atoms with Gasteiger partial charge in [-0.1, -0.05) is 0 Å². The van der Waals surface area contributed by atoms with Crippen LogP contribution in [0.2, 0.25) is 0 Å². The van der Waals surface area contributed by atoms with Crippen molar-refractivity contribution < 1.29 is 4.79 Å². The Labute approximate surface area is 137 Å². The molecule has 0 saturated heterocycles. The number of nitrogens with zero attached hydrogens (tertiary/aromatic N) is 5. The fourth-order valence-electron chi connectivity index (χ4n) is 2.01. The summed E-state index contributed by atoms with van der Waals surface area (Å²) in [5, 5.41) is 9.87. The Kier molecular flexibility index (Phi) is 4.33. The average molecular weight is 328 g/mol. The molecule has 23 heavy (non-hydrogen) atoms. The molecule has 7 nitrogen and oxygen atoms in total. The summed E-state index contributed by atoms with van der Waals surface area (Å²) in [5.74, 6) is 0.694. The van der Waals surface area contributed by atoms with Gasteiger partial charge in [-0.2, -0.15) is 5.10 Å². The molecule has 0 aliphatic heterocycles. The number of pyridine rings is 1. The lowest BCUT2D eigenvalue weighted by Gasteiger charge is -2.16. The van der Waals surface area contributed by atoms with Gasteiger partial charge in [0.1, 0.15) is 0 Å². The van der Waals surface area contributed by atoms with E-state index in [-0.39, 0.29) is 6.03 Å². The molecule has 0 saturated carbocycles. The minimum absolute atomic E-state index is 0.204. The first-order valence-corrected chi connectivity index (χ1v) is 7.89. The highest BCUT2D eigenvalue weighted by molar-refractivity contribution is 7.09. The molecule has 0 spiro atoms. The van der Waals surface area contributed by atoms with Crippen LogP contribution in [0.5, 0.6) is 0 Å². The quantitative estimate of drug-likeness (QED) is 0.799. The van der Waals surface area contributed by atoms with Gasteiger partial charge in [-0.05, 0) is 25.1 Å². The van der Waals surface area contributed by atoms with Gasteiger partial charge in [0.15, 0.2) is 5.82 Å². The Hall–Kier alpha value is -2.74. The first kappa shape index (κ1) is 15.2. The van der Waals surface area contributed by atoms with Crippen LogP contribution in [0.15, 0.2) is 42.2 Å². The highest BCUT2D eigenvalue weighted by Gasteiger charge is 2.11. The van der Waals surface area contributed by atoms with Crippen LogP contribution in [-0.4, -0.2) is 37.7 Å². The van der Waals surface area contributed by atoms with Gasteiger partial charge in [0.05, 0.1) is 29.1 Å². The van der Waals surface area contributed by atoms with E-state index in [0.29, 0.717) is 18.1 Å². The Morgan fingerprint density at radius 3 is 2.91 bits per heavy atom. The Bertz CT molecular complexity index is 781. The number of carbonyl (C=O) groups is 1. The Morgan fingerprint density at radius 1 is 1.43 bits per heavy atom. The Morgan fingerprint density at radius 2 is 2.30 bits per heavy atom. The monoisotopic (exact) mass is 328 g/mol. The van der Waals surface area contributed by atoms with Crippen molar-refractivity contribution >= 4 is 23.1 Å². The van der Waals surface area contributed by atoms with Crippen molar-refractivity contribution in [2.75, 3.05) is 12.4 Å². The zero-order valence-electron chi connectivity index (χ0n) is 12.8. The van der Waals surface area contributed by atoms with Crippen molar-refractivity contribution in [2.24, 2.45) is 0 Å². The lowest BCUT2D eigenvalue weighted by atomic mass is 10.4. The lowest BCUT2D eigenvalue weighted by molar-refractivity contribution is 0.220. The van der Waals surface area contributed by atoms with E-state index in [2.05, 4.69) is 20.4 Å². The third-order valence-corrected chi connectivity index (χ3v) is 3.97. The van der Waals surface area contributed by atoms with Gasteiger partial charge < -0.3 is 10.2 Å². The van der Waals surface area contributed by atoms with Crippen molar-refractivity contribution in [1.82, 2.24) is 24.6 Å². The number of anilines is 1. The number of hydrogen-bond acceptors (Lipinski definition) is 5. The van der Waals surface area contributed by atoms with Crippen LogP contribution in [0.3, 0.4) is 0 Å². The van der Waals surface area contributed by atoms with Crippen LogP contribution in [0, 0.1) is 6.92 Å². The van der Waals surface area contributed by atoms with Crippen LogP contribution in [0.1, 0.15) is 10.7 Å². The Balaban J connectivity index is 1.61. The number of hydrogen-bond donors (Lipinski definition) is 1. The molecule has 0 aliphatic carbocycles. The van der Waals surface area contributed by atoms with Gasteiger partial charge in [-0.3, -0.25) is 0 Å². The first-order valence-electron chi connectivity index (χ1n) is 7.01. The van der Waals surface area contributed by atoms with Gasteiger partial charge in [0.2, 0.25) is 0 Å². The summed E-state index contributed by atoms with van der Waals surface area (Å²) in [6, 6.07) is 5.21. The standard InChI is InChI=1S/C15H16N6OS/c1-11-18-13(10-23-11)9-20(2)15(22)19-12-4-5-14(16-8-12)21-7-3-6-17-21/h3-8,10H,9H2,1-2H3,(H,19,22). The van der Waals surface area contributed by atoms with Gasteiger partial charge in [0, 0.05) is 24.8 Å². The predicted molar refractivity (Wildman–Crippen MR) is 88.7 cm³/mol. The summed E-state index contributed by atoms with van der Waals surface area (Å²) in [5.41, 5.74) is 1.52. The number of nitrogens with one attached hydrogen (secondary N) is 1. The average Bonchev–Trinajstić information content (AvgIpc) is 3.20. The maximum atomic E-state index is 12.2. The number of carbonyl (C=O) groups excluding carboxylic acids is 1. The predicted octanol–water partition coefficient (Wildman–Crippen LogP) is 2.70. The van der Waals surface area contributed by atoms with Crippen LogP contribution in [0.4, 0.5) is 10.5 Å². The highest BCUT2D eigenvalue weighted by atomic mass is 32.1. The maximum Gasteiger partial charge on any atom is 0.321 e. The molecule has 3 rings (SSSR count). The third-order valence-electron chi connectivity index (χ3n) is 3.15. The molecule has 0 aliphatic rings. The number of aryl methyl sites for hydroxylation is 1. The van der Waals surface area contributed by atoms with Crippen molar-refractivity contribution in [3.63, 3.8) is 0 Å². The van der Waals surface area contributed by atoms with Crippen molar-refractivity contribution in [2.45, 2.75) is 13.5 Å². The second-order valence-corrected chi connectivity index (χ2v) is 6.06. The summed E-state index contributed by atoms with van der Waals surface area (Å²) < 4.78 is 1.66.